The molecule has 0 unspecified atom stereocenters. The highest BCUT2D eigenvalue weighted by molar-refractivity contribution is 5.85. The van der Waals surface area contributed by atoms with Crippen molar-refractivity contribution in [3.8, 4) is 0 Å². The molecule has 0 aliphatic rings. The lowest BCUT2D eigenvalue weighted by Gasteiger charge is -2.09. The number of rotatable bonds is 4. The number of nitrogens with two attached hydrogens (primary N) is 1. The fourth-order valence-corrected chi connectivity index (χ4v) is 0.477. The maximum Gasteiger partial charge on any atom is 0.325 e. The maximum absolute atomic E-state index is 10.8. The first-order chi connectivity index (χ1) is 5.93. The standard InChI is InChI=1S/C6H11N3O4/c1-3(5(11)12)9-6(13)8-2-4(7)10/h3H,2H2,1H3,(H2,7,10)(H,11,12)(H2,8,9,13)/t3-/m1/s1. The highest BCUT2D eigenvalue weighted by Crippen LogP contribution is 1.79. The fraction of sp³-hybridized carbons (Fsp3) is 0.500. The number of amides is 3. The van der Waals surface area contributed by atoms with Gasteiger partial charge in [0.15, 0.2) is 0 Å². The number of hydrogen-bond donors (Lipinski definition) is 4. The van der Waals surface area contributed by atoms with Crippen molar-refractivity contribution < 1.29 is 19.5 Å². The van der Waals surface area contributed by atoms with Crippen molar-refractivity contribution in [2.24, 2.45) is 5.73 Å². The smallest absolute Gasteiger partial charge is 0.325 e. The Kier molecular flexibility index (Phi) is 4.28. The van der Waals surface area contributed by atoms with Crippen LogP contribution in [0.2, 0.25) is 0 Å². The van der Waals surface area contributed by atoms with Crippen LogP contribution in [0.1, 0.15) is 6.92 Å². The molecule has 0 aromatic rings. The van der Waals surface area contributed by atoms with Crippen LogP contribution in [-0.2, 0) is 9.59 Å². The molecule has 13 heavy (non-hydrogen) atoms. The van der Waals surface area contributed by atoms with E-state index >= 15 is 0 Å². The number of primary amides is 1. The van der Waals surface area contributed by atoms with E-state index in [0.717, 1.165) is 0 Å². The average molecular weight is 189 g/mol. The second kappa shape index (κ2) is 4.96. The van der Waals surface area contributed by atoms with Crippen LogP contribution in [-0.4, -0.2) is 35.6 Å². The number of carbonyl (C=O) groups is 3. The molecule has 1 atom stereocenters. The molecule has 0 aromatic carbocycles. The third kappa shape index (κ3) is 5.48. The lowest BCUT2D eigenvalue weighted by molar-refractivity contribution is -0.138. The van der Waals surface area contributed by atoms with E-state index < -0.39 is 23.9 Å². The quantitative estimate of drug-likeness (QED) is 0.418. The molecule has 0 aliphatic heterocycles. The van der Waals surface area contributed by atoms with Crippen molar-refractivity contribution in [1.29, 1.82) is 0 Å². The van der Waals surface area contributed by atoms with Gasteiger partial charge in [0.25, 0.3) is 0 Å². The lowest BCUT2D eigenvalue weighted by Crippen LogP contribution is -2.46. The number of carboxylic acids is 1. The molecular weight excluding hydrogens is 178 g/mol. The molecular formula is C6H11N3O4. The summed E-state index contributed by atoms with van der Waals surface area (Å²) in [5, 5.41) is 12.5. The van der Waals surface area contributed by atoms with Gasteiger partial charge >= 0.3 is 12.0 Å². The van der Waals surface area contributed by atoms with Crippen LogP contribution in [0, 0.1) is 0 Å². The molecule has 0 rings (SSSR count). The highest BCUT2D eigenvalue weighted by atomic mass is 16.4. The topological polar surface area (TPSA) is 122 Å². The van der Waals surface area contributed by atoms with Crippen molar-refractivity contribution in [2.45, 2.75) is 13.0 Å². The van der Waals surface area contributed by atoms with Gasteiger partial charge < -0.3 is 21.5 Å². The highest BCUT2D eigenvalue weighted by Gasteiger charge is 2.13. The van der Waals surface area contributed by atoms with Gasteiger partial charge in [-0.25, -0.2) is 4.79 Å². The van der Waals surface area contributed by atoms with Gasteiger partial charge in [-0.3, -0.25) is 9.59 Å². The van der Waals surface area contributed by atoms with Crippen molar-refractivity contribution in [3.05, 3.63) is 0 Å². The van der Waals surface area contributed by atoms with Crippen LogP contribution in [0.25, 0.3) is 0 Å². The molecule has 74 valence electrons. The summed E-state index contributed by atoms with van der Waals surface area (Å²) in [6.07, 6.45) is 0. The number of urea groups is 1. The molecule has 7 nitrogen and oxygen atoms in total. The number of nitrogens with one attached hydrogen (secondary N) is 2. The number of hydrogen-bond acceptors (Lipinski definition) is 3. The molecule has 0 aromatic heterocycles. The van der Waals surface area contributed by atoms with E-state index in [1.165, 1.54) is 6.92 Å². The molecule has 0 heterocycles. The second-order valence-electron chi connectivity index (χ2n) is 2.35. The molecule has 3 amide bonds. The minimum absolute atomic E-state index is 0.321. The van der Waals surface area contributed by atoms with Gasteiger partial charge in [-0.05, 0) is 6.92 Å². The Bertz CT molecular complexity index is 228. The van der Waals surface area contributed by atoms with Gasteiger partial charge in [-0.15, -0.1) is 0 Å². The summed E-state index contributed by atoms with van der Waals surface area (Å²) >= 11 is 0. The van der Waals surface area contributed by atoms with Crippen LogP contribution in [0.15, 0.2) is 0 Å². The minimum Gasteiger partial charge on any atom is -0.480 e. The van der Waals surface area contributed by atoms with Crippen LogP contribution in [0.4, 0.5) is 4.79 Å². The molecule has 0 radical (unpaired) electrons. The molecule has 0 saturated carbocycles. The molecule has 7 heteroatoms. The Morgan fingerprint density at radius 3 is 2.38 bits per heavy atom. The molecule has 0 fully saturated rings. The van der Waals surface area contributed by atoms with Gasteiger partial charge in [0.1, 0.15) is 6.04 Å². The number of carboxylic acid groups (broad SMARTS) is 1. The zero-order chi connectivity index (χ0) is 10.4. The van der Waals surface area contributed by atoms with E-state index in [1.807, 2.05) is 0 Å². The molecule has 5 N–H and O–H groups in total. The monoisotopic (exact) mass is 189 g/mol. The van der Waals surface area contributed by atoms with Crippen LogP contribution < -0.4 is 16.4 Å². The lowest BCUT2D eigenvalue weighted by atomic mass is 10.3. The Hall–Kier alpha value is -1.79. The summed E-state index contributed by atoms with van der Waals surface area (Å²) < 4.78 is 0. The van der Waals surface area contributed by atoms with E-state index in [-0.39, 0.29) is 6.54 Å². The summed E-state index contributed by atoms with van der Waals surface area (Å²) in [7, 11) is 0. The number of aliphatic carboxylic acids is 1. The largest absolute Gasteiger partial charge is 0.480 e. The maximum atomic E-state index is 10.8. The third-order valence-electron chi connectivity index (χ3n) is 1.14. The van der Waals surface area contributed by atoms with Gasteiger partial charge in [-0.1, -0.05) is 0 Å². The van der Waals surface area contributed by atoms with Gasteiger partial charge in [0, 0.05) is 0 Å². The van der Waals surface area contributed by atoms with Gasteiger partial charge in [0.2, 0.25) is 5.91 Å². The van der Waals surface area contributed by atoms with Gasteiger partial charge in [0.05, 0.1) is 6.54 Å². The Morgan fingerprint density at radius 2 is 2.00 bits per heavy atom. The normalized spacial score (nSPS) is 11.5. The van der Waals surface area contributed by atoms with Crippen LogP contribution >= 0.6 is 0 Å². The fourth-order valence-electron chi connectivity index (χ4n) is 0.477. The Balaban J connectivity index is 3.74. The van der Waals surface area contributed by atoms with Crippen LogP contribution in [0.3, 0.4) is 0 Å². The molecule has 0 aliphatic carbocycles. The van der Waals surface area contributed by atoms with E-state index in [9.17, 15) is 14.4 Å². The predicted molar refractivity (Wildman–Crippen MR) is 42.8 cm³/mol. The van der Waals surface area contributed by atoms with Crippen molar-refractivity contribution in [1.82, 2.24) is 10.6 Å². The molecule has 0 spiro atoms. The SMILES string of the molecule is C[C@@H](NC(=O)NCC(N)=O)C(=O)O. The van der Waals surface area contributed by atoms with Crippen molar-refractivity contribution >= 4 is 17.9 Å². The first kappa shape index (κ1) is 11.2. The minimum atomic E-state index is -1.16. The van der Waals surface area contributed by atoms with E-state index in [1.54, 1.807) is 0 Å². The van der Waals surface area contributed by atoms with E-state index in [4.69, 9.17) is 10.8 Å². The first-order valence-electron chi connectivity index (χ1n) is 3.49. The first-order valence-corrected chi connectivity index (χ1v) is 3.49. The Labute approximate surface area is 74.3 Å². The third-order valence-corrected chi connectivity index (χ3v) is 1.14. The number of carbonyl (C=O) groups excluding carboxylic acids is 2. The average Bonchev–Trinajstić information content (AvgIpc) is 2.00. The summed E-state index contributed by atoms with van der Waals surface area (Å²) in [4.78, 5) is 31.2. The van der Waals surface area contributed by atoms with Crippen LogP contribution in [0.5, 0.6) is 0 Å². The summed E-state index contributed by atoms with van der Waals surface area (Å²) in [6.45, 7) is 0.977. The predicted octanol–water partition coefficient (Wildman–Crippen LogP) is -1.76. The molecule has 0 saturated heterocycles. The van der Waals surface area contributed by atoms with E-state index in [2.05, 4.69) is 10.6 Å². The van der Waals surface area contributed by atoms with Crippen molar-refractivity contribution in [3.63, 3.8) is 0 Å². The molecule has 0 bridgehead atoms. The van der Waals surface area contributed by atoms with E-state index in [0.29, 0.717) is 0 Å². The Morgan fingerprint density at radius 1 is 1.46 bits per heavy atom. The summed E-state index contributed by atoms with van der Waals surface area (Å²) in [5.41, 5.74) is 4.73. The van der Waals surface area contributed by atoms with Gasteiger partial charge in [-0.2, -0.15) is 0 Å². The zero-order valence-electron chi connectivity index (χ0n) is 7.03. The van der Waals surface area contributed by atoms with Crippen molar-refractivity contribution in [2.75, 3.05) is 6.54 Å². The summed E-state index contributed by atoms with van der Waals surface area (Å²) in [6, 6.07) is -1.75. The summed E-state index contributed by atoms with van der Waals surface area (Å²) in [5.74, 6) is -1.85. The second-order valence-corrected chi connectivity index (χ2v) is 2.35. The zero-order valence-corrected chi connectivity index (χ0v) is 7.03.